The van der Waals surface area contributed by atoms with E-state index in [2.05, 4.69) is 17.2 Å². The Balaban J connectivity index is 2.03. The molecular weight excluding hydrogens is 252 g/mol. The van der Waals surface area contributed by atoms with E-state index in [9.17, 15) is 5.11 Å². The van der Waals surface area contributed by atoms with Gasteiger partial charge < -0.3 is 15.2 Å². The second-order valence-electron chi connectivity index (χ2n) is 5.76. The number of hydrogen-bond acceptors (Lipinski definition) is 4. The molecule has 2 rings (SSSR count). The lowest BCUT2D eigenvalue weighted by Gasteiger charge is -2.31. The van der Waals surface area contributed by atoms with Gasteiger partial charge in [-0.05, 0) is 32.6 Å². The maximum atomic E-state index is 9.46. The molecule has 20 heavy (non-hydrogen) atoms. The number of aliphatic hydroxyl groups is 1. The molecule has 112 valence electrons. The van der Waals surface area contributed by atoms with E-state index in [1.807, 2.05) is 13.1 Å². The predicted molar refractivity (Wildman–Crippen MR) is 79.9 cm³/mol. The van der Waals surface area contributed by atoms with Crippen molar-refractivity contribution in [2.75, 3.05) is 13.7 Å². The zero-order chi connectivity index (χ0) is 14.5. The van der Waals surface area contributed by atoms with E-state index in [1.165, 1.54) is 12.8 Å². The van der Waals surface area contributed by atoms with Gasteiger partial charge in [0.05, 0.1) is 12.8 Å². The Labute approximate surface area is 121 Å². The fourth-order valence-electron chi connectivity index (χ4n) is 3.17. The Morgan fingerprint density at radius 2 is 2.10 bits per heavy atom. The number of aromatic nitrogens is 1. The summed E-state index contributed by atoms with van der Waals surface area (Å²) in [5.41, 5.74) is 3.21. The van der Waals surface area contributed by atoms with E-state index in [4.69, 9.17) is 4.74 Å². The third-order valence-electron chi connectivity index (χ3n) is 4.43. The summed E-state index contributed by atoms with van der Waals surface area (Å²) in [6, 6.07) is 0.405. The summed E-state index contributed by atoms with van der Waals surface area (Å²) in [4.78, 5) is 4.52. The van der Waals surface area contributed by atoms with Gasteiger partial charge >= 0.3 is 0 Å². The zero-order valence-electron chi connectivity index (χ0n) is 12.8. The number of nitrogens with zero attached hydrogens (tertiary/aromatic N) is 1. The third kappa shape index (κ3) is 3.30. The number of nitrogens with one attached hydrogen (secondary N) is 1. The fourth-order valence-corrected chi connectivity index (χ4v) is 3.17. The summed E-state index contributed by atoms with van der Waals surface area (Å²) in [7, 11) is 1.70. The molecule has 0 radical (unpaired) electrons. The van der Waals surface area contributed by atoms with Gasteiger partial charge in [-0.2, -0.15) is 0 Å². The summed E-state index contributed by atoms with van der Waals surface area (Å²) >= 11 is 0. The Kier molecular flexibility index (Phi) is 5.38. The van der Waals surface area contributed by atoms with Crippen LogP contribution in [0.2, 0.25) is 0 Å². The molecule has 1 aromatic rings. The SMILES string of the molecule is COc1c(C)cnc(CNC2CCCCC2CO)c1C. The topological polar surface area (TPSA) is 54.4 Å². The van der Waals surface area contributed by atoms with Gasteiger partial charge in [-0.3, -0.25) is 4.98 Å². The zero-order valence-corrected chi connectivity index (χ0v) is 12.8. The van der Waals surface area contributed by atoms with Gasteiger partial charge in [0.25, 0.3) is 0 Å². The molecule has 2 N–H and O–H groups in total. The van der Waals surface area contributed by atoms with Crippen LogP contribution in [0.4, 0.5) is 0 Å². The fraction of sp³-hybridized carbons (Fsp3) is 0.688. The van der Waals surface area contributed by atoms with Crippen LogP contribution in [0.3, 0.4) is 0 Å². The average Bonchev–Trinajstić information content (AvgIpc) is 2.47. The average molecular weight is 278 g/mol. The number of hydrogen-bond donors (Lipinski definition) is 2. The summed E-state index contributed by atoms with van der Waals surface area (Å²) in [5, 5.41) is 13.0. The van der Waals surface area contributed by atoms with Crippen LogP contribution in [0, 0.1) is 19.8 Å². The molecule has 1 aromatic heterocycles. The number of aliphatic hydroxyl groups excluding tert-OH is 1. The van der Waals surface area contributed by atoms with Crippen LogP contribution in [-0.4, -0.2) is 29.8 Å². The van der Waals surface area contributed by atoms with E-state index in [0.717, 1.165) is 42.0 Å². The molecule has 1 fully saturated rings. The smallest absolute Gasteiger partial charge is 0.128 e. The molecule has 1 aliphatic rings. The van der Waals surface area contributed by atoms with Crippen LogP contribution in [0.15, 0.2) is 6.20 Å². The minimum Gasteiger partial charge on any atom is -0.496 e. The Morgan fingerprint density at radius 1 is 1.35 bits per heavy atom. The predicted octanol–water partition coefficient (Wildman–Crippen LogP) is 2.35. The highest BCUT2D eigenvalue weighted by atomic mass is 16.5. The molecule has 0 aliphatic heterocycles. The highest BCUT2D eigenvalue weighted by Gasteiger charge is 2.24. The maximum absolute atomic E-state index is 9.46. The molecule has 0 amide bonds. The molecule has 4 nitrogen and oxygen atoms in total. The first kappa shape index (κ1) is 15.3. The van der Waals surface area contributed by atoms with Crippen molar-refractivity contribution in [2.45, 2.75) is 52.1 Å². The van der Waals surface area contributed by atoms with E-state index < -0.39 is 0 Å². The summed E-state index contributed by atoms with van der Waals surface area (Å²) in [6.07, 6.45) is 6.62. The summed E-state index contributed by atoms with van der Waals surface area (Å²) in [5.74, 6) is 1.32. The van der Waals surface area contributed by atoms with Crippen LogP contribution < -0.4 is 10.1 Å². The first-order valence-electron chi connectivity index (χ1n) is 7.50. The maximum Gasteiger partial charge on any atom is 0.128 e. The normalized spacial score (nSPS) is 22.8. The molecule has 2 unspecified atom stereocenters. The van der Waals surface area contributed by atoms with E-state index >= 15 is 0 Å². The number of pyridine rings is 1. The standard InChI is InChI=1S/C16H26N2O2/c1-11-8-17-15(12(2)16(11)20-3)9-18-14-7-5-4-6-13(14)10-19/h8,13-14,18-19H,4-7,9-10H2,1-3H3. The molecule has 0 bridgehead atoms. The molecule has 4 heteroatoms. The Hall–Kier alpha value is -1.13. The van der Waals surface area contributed by atoms with E-state index in [-0.39, 0.29) is 6.61 Å². The van der Waals surface area contributed by atoms with Crippen molar-refractivity contribution in [3.63, 3.8) is 0 Å². The summed E-state index contributed by atoms with van der Waals surface area (Å²) in [6.45, 7) is 5.09. The van der Waals surface area contributed by atoms with Gasteiger partial charge in [-0.25, -0.2) is 0 Å². The molecule has 2 atom stereocenters. The van der Waals surface area contributed by atoms with Crippen molar-refractivity contribution in [2.24, 2.45) is 5.92 Å². The largest absolute Gasteiger partial charge is 0.496 e. The van der Waals surface area contributed by atoms with Gasteiger partial charge in [0.2, 0.25) is 0 Å². The lowest BCUT2D eigenvalue weighted by atomic mass is 9.85. The number of ether oxygens (including phenoxy) is 1. The van der Waals surface area contributed by atoms with Gasteiger partial charge in [0.15, 0.2) is 0 Å². The number of rotatable bonds is 5. The molecule has 1 heterocycles. The van der Waals surface area contributed by atoms with Crippen molar-refractivity contribution >= 4 is 0 Å². The van der Waals surface area contributed by atoms with Crippen LogP contribution in [0.1, 0.15) is 42.5 Å². The Bertz CT molecular complexity index is 448. The molecular formula is C16H26N2O2. The second-order valence-corrected chi connectivity index (χ2v) is 5.76. The second kappa shape index (κ2) is 7.04. The number of methoxy groups -OCH3 is 1. The Morgan fingerprint density at radius 3 is 2.80 bits per heavy atom. The van der Waals surface area contributed by atoms with E-state index in [0.29, 0.717) is 12.0 Å². The van der Waals surface area contributed by atoms with Gasteiger partial charge in [0, 0.05) is 36.5 Å². The third-order valence-corrected chi connectivity index (χ3v) is 4.43. The van der Waals surface area contributed by atoms with Crippen LogP contribution in [-0.2, 0) is 6.54 Å². The van der Waals surface area contributed by atoms with Crippen molar-refractivity contribution in [1.29, 1.82) is 0 Å². The van der Waals surface area contributed by atoms with Crippen molar-refractivity contribution in [3.8, 4) is 5.75 Å². The van der Waals surface area contributed by atoms with Crippen molar-refractivity contribution < 1.29 is 9.84 Å². The van der Waals surface area contributed by atoms with Crippen LogP contribution >= 0.6 is 0 Å². The van der Waals surface area contributed by atoms with Crippen molar-refractivity contribution in [1.82, 2.24) is 10.3 Å². The minimum atomic E-state index is 0.279. The molecule has 0 aromatic carbocycles. The van der Waals surface area contributed by atoms with E-state index in [1.54, 1.807) is 7.11 Å². The first-order chi connectivity index (χ1) is 9.67. The molecule has 1 saturated carbocycles. The highest BCUT2D eigenvalue weighted by Crippen LogP contribution is 2.26. The van der Waals surface area contributed by atoms with Crippen LogP contribution in [0.5, 0.6) is 5.75 Å². The lowest BCUT2D eigenvalue weighted by Crippen LogP contribution is -2.40. The molecule has 1 aliphatic carbocycles. The summed E-state index contributed by atoms with van der Waals surface area (Å²) < 4.78 is 5.44. The number of aryl methyl sites for hydroxylation is 1. The quantitative estimate of drug-likeness (QED) is 0.868. The minimum absolute atomic E-state index is 0.279. The molecule has 0 spiro atoms. The van der Waals surface area contributed by atoms with Crippen LogP contribution in [0.25, 0.3) is 0 Å². The van der Waals surface area contributed by atoms with Gasteiger partial charge in [0.1, 0.15) is 5.75 Å². The first-order valence-corrected chi connectivity index (χ1v) is 7.50. The van der Waals surface area contributed by atoms with Crippen molar-refractivity contribution in [3.05, 3.63) is 23.0 Å². The molecule has 0 saturated heterocycles. The monoisotopic (exact) mass is 278 g/mol. The van der Waals surface area contributed by atoms with Gasteiger partial charge in [-0.1, -0.05) is 12.8 Å². The van der Waals surface area contributed by atoms with Gasteiger partial charge in [-0.15, -0.1) is 0 Å². The lowest BCUT2D eigenvalue weighted by molar-refractivity contribution is 0.152. The highest BCUT2D eigenvalue weighted by molar-refractivity contribution is 5.41.